The Kier molecular flexibility index (Phi) is 4.25. The SMILES string of the molecule is CC(=NNc1nc(Cl)c(Cl)cc1Cl)c1cc2ccccc2o1. The molecule has 0 saturated heterocycles. The summed E-state index contributed by atoms with van der Waals surface area (Å²) in [5.41, 5.74) is 4.22. The molecule has 0 aliphatic rings. The number of fused-ring (bicyclic) bond motifs is 1. The summed E-state index contributed by atoms with van der Waals surface area (Å²) >= 11 is 17.7. The molecule has 0 bridgehead atoms. The quantitative estimate of drug-likeness (QED) is 0.377. The second-order valence-electron chi connectivity index (χ2n) is 4.55. The predicted octanol–water partition coefficient (Wildman–Crippen LogP) is 5.62. The second kappa shape index (κ2) is 6.16. The summed E-state index contributed by atoms with van der Waals surface area (Å²) in [6.07, 6.45) is 0. The van der Waals surface area contributed by atoms with E-state index < -0.39 is 0 Å². The number of rotatable bonds is 3. The summed E-state index contributed by atoms with van der Waals surface area (Å²) in [6.45, 7) is 1.82. The lowest BCUT2D eigenvalue weighted by molar-refractivity contribution is 0.604. The van der Waals surface area contributed by atoms with Crippen LogP contribution in [0.5, 0.6) is 0 Å². The van der Waals surface area contributed by atoms with Gasteiger partial charge in [-0.15, -0.1) is 0 Å². The molecule has 2 heterocycles. The van der Waals surface area contributed by atoms with Gasteiger partial charge in [-0.05, 0) is 25.1 Å². The molecule has 22 heavy (non-hydrogen) atoms. The van der Waals surface area contributed by atoms with Crippen LogP contribution in [0.15, 0.2) is 45.9 Å². The second-order valence-corrected chi connectivity index (χ2v) is 5.72. The van der Waals surface area contributed by atoms with E-state index in [0.29, 0.717) is 22.3 Å². The van der Waals surface area contributed by atoms with Crippen LogP contribution in [0.4, 0.5) is 5.82 Å². The minimum Gasteiger partial charge on any atom is -0.455 e. The van der Waals surface area contributed by atoms with Crippen LogP contribution in [-0.2, 0) is 0 Å². The number of nitrogens with one attached hydrogen (secondary N) is 1. The van der Waals surface area contributed by atoms with Gasteiger partial charge in [0.1, 0.15) is 16.4 Å². The molecule has 0 aliphatic carbocycles. The maximum absolute atomic E-state index is 6.03. The summed E-state index contributed by atoms with van der Waals surface area (Å²) in [7, 11) is 0. The van der Waals surface area contributed by atoms with Crippen LogP contribution in [0.1, 0.15) is 12.7 Å². The molecule has 0 spiro atoms. The van der Waals surface area contributed by atoms with Crippen LogP contribution in [0.25, 0.3) is 11.0 Å². The van der Waals surface area contributed by atoms with E-state index in [1.54, 1.807) is 0 Å². The lowest BCUT2D eigenvalue weighted by Crippen LogP contribution is -2.00. The summed E-state index contributed by atoms with van der Waals surface area (Å²) < 4.78 is 5.72. The number of hydrogen-bond acceptors (Lipinski definition) is 4. The maximum atomic E-state index is 6.03. The molecule has 0 fully saturated rings. The molecular formula is C15H10Cl3N3O. The van der Waals surface area contributed by atoms with Crippen molar-refractivity contribution in [2.24, 2.45) is 5.10 Å². The Bertz CT molecular complexity index is 841. The molecule has 3 rings (SSSR count). The molecule has 0 radical (unpaired) electrons. The largest absolute Gasteiger partial charge is 0.455 e. The fourth-order valence-electron chi connectivity index (χ4n) is 1.87. The van der Waals surface area contributed by atoms with Gasteiger partial charge in [0.05, 0.1) is 10.0 Å². The van der Waals surface area contributed by atoms with Crippen molar-refractivity contribution in [2.45, 2.75) is 6.92 Å². The molecule has 0 unspecified atom stereocenters. The van der Waals surface area contributed by atoms with Crippen molar-refractivity contribution >= 4 is 57.3 Å². The Morgan fingerprint density at radius 2 is 1.91 bits per heavy atom. The number of furan rings is 1. The standard InChI is InChI=1S/C15H10Cl3N3O/c1-8(13-6-9-4-2-3-5-12(9)22-13)20-21-15-11(17)7-10(16)14(18)19-15/h2-7H,1H3,(H,19,21). The van der Waals surface area contributed by atoms with Crippen molar-refractivity contribution in [3.05, 3.63) is 57.4 Å². The van der Waals surface area contributed by atoms with Crippen molar-refractivity contribution in [3.63, 3.8) is 0 Å². The number of aromatic nitrogens is 1. The molecule has 4 nitrogen and oxygen atoms in total. The first-order valence-corrected chi connectivity index (χ1v) is 7.49. The van der Waals surface area contributed by atoms with Crippen molar-refractivity contribution in [2.75, 3.05) is 5.43 Å². The monoisotopic (exact) mass is 353 g/mol. The van der Waals surface area contributed by atoms with E-state index in [4.69, 9.17) is 39.2 Å². The van der Waals surface area contributed by atoms with E-state index >= 15 is 0 Å². The van der Waals surface area contributed by atoms with Gasteiger partial charge in [0.15, 0.2) is 11.6 Å². The van der Waals surface area contributed by atoms with Gasteiger partial charge in [-0.3, -0.25) is 5.43 Å². The third-order valence-electron chi connectivity index (χ3n) is 3.00. The van der Waals surface area contributed by atoms with Gasteiger partial charge in [-0.1, -0.05) is 53.0 Å². The van der Waals surface area contributed by atoms with Crippen molar-refractivity contribution < 1.29 is 4.42 Å². The number of para-hydroxylation sites is 1. The van der Waals surface area contributed by atoms with Gasteiger partial charge in [0.25, 0.3) is 0 Å². The van der Waals surface area contributed by atoms with Crippen LogP contribution < -0.4 is 5.43 Å². The summed E-state index contributed by atoms with van der Waals surface area (Å²) in [5, 5.41) is 6.00. The highest BCUT2D eigenvalue weighted by Gasteiger charge is 2.09. The van der Waals surface area contributed by atoms with E-state index in [1.807, 2.05) is 37.3 Å². The lowest BCUT2D eigenvalue weighted by Gasteiger charge is -2.05. The van der Waals surface area contributed by atoms with Crippen molar-refractivity contribution in [1.29, 1.82) is 0 Å². The Hall–Kier alpha value is -1.75. The summed E-state index contributed by atoms with van der Waals surface area (Å²) in [5.74, 6) is 0.983. The zero-order valence-electron chi connectivity index (χ0n) is 11.4. The third-order valence-corrected chi connectivity index (χ3v) is 3.96. The van der Waals surface area contributed by atoms with Crippen LogP contribution in [0.3, 0.4) is 0 Å². The number of pyridine rings is 1. The normalized spacial score (nSPS) is 11.9. The highest BCUT2D eigenvalue weighted by atomic mass is 35.5. The van der Waals surface area contributed by atoms with E-state index in [1.165, 1.54) is 6.07 Å². The topological polar surface area (TPSA) is 50.4 Å². The molecule has 0 aliphatic heterocycles. The first-order valence-electron chi connectivity index (χ1n) is 6.35. The Morgan fingerprint density at radius 3 is 2.68 bits per heavy atom. The van der Waals surface area contributed by atoms with E-state index in [-0.39, 0.29) is 10.2 Å². The first kappa shape index (κ1) is 15.2. The average Bonchev–Trinajstić information content (AvgIpc) is 2.93. The number of benzene rings is 1. The number of anilines is 1. The molecule has 0 atom stereocenters. The third kappa shape index (κ3) is 3.04. The van der Waals surface area contributed by atoms with Gasteiger partial charge in [-0.25, -0.2) is 4.98 Å². The maximum Gasteiger partial charge on any atom is 0.166 e. The molecule has 1 N–H and O–H groups in total. The fourth-order valence-corrected chi connectivity index (χ4v) is 2.41. The Labute approximate surface area is 141 Å². The van der Waals surface area contributed by atoms with E-state index in [0.717, 1.165) is 11.0 Å². The average molecular weight is 355 g/mol. The first-order chi connectivity index (χ1) is 10.5. The number of hydrogen-bond donors (Lipinski definition) is 1. The lowest BCUT2D eigenvalue weighted by atomic mass is 10.2. The van der Waals surface area contributed by atoms with Gasteiger partial charge in [0, 0.05) is 5.39 Å². The number of nitrogens with zero attached hydrogens (tertiary/aromatic N) is 2. The molecule has 0 amide bonds. The zero-order chi connectivity index (χ0) is 15.7. The van der Waals surface area contributed by atoms with Crippen LogP contribution in [0, 0.1) is 0 Å². The zero-order valence-corrected chi connectivity index (χ0v) is 13.7. The van der Waals surface area contributed by atoms with Gasteiger partial charge in [0.2, 0.25) is 0 Å². The van der Waals surface area contributed by atoms with Gasteiger partial charge in [-0.2, -0.15) is 5.10 Å². The van der Waals surface area contributed by atoms with Crippen molar-refractivity contribution in [1.82, 2.24) is 4.98 Å². The molecule has 7 heteroatoms. The van der Waals surface area contributed by atoms with Gasteiger partial charge >= 0.3 is 0 Å². The minimum atomic E-state index is 0.158. The molecule has 1 aromatic carbocycles. The van der Waals surface area contributed by atoms with Crippen molar-refractivity contribution in [3.8, 4) is 0 Å². The Balaban J connectivity index is 1.87. The predicted molar refractivity (Wildman–Crippen MR) is 91.3 cm³/mol. The number of hydrazone groups is 1. The highest BCUT2D eigenvalue weighted by Crippen LogP contribution is 2.29. The van der Waals surface area contributed by atoms with Crippen LogP contribution in [0.2, 0.25) is 15.2 Å². The summed E-state index contributed by atoms with van der Waals surface area (Å²) in [4.78, 5) is 4.03. The highest BCUT2D eigenvalue weighted by molar-refractivity contribution is 6.42. The number of halogens is 3. The molecule has 3 aromatic rings. The minimum absolute atomic E-state index is 0.158. The van der Waals surface area contributed by atoms with E-state index in [2.05, 4.69) is 15.5 Å². The van der Waals surface area contributed by atoms with E-state index in [9.17, 15) is 0 Å². The molecule has 112 valence electrons. The molecule has 2 aromatic heterocycles. The van der Waals surface area contributed by atoms with Crippen LogP contribution >= 0.6 is 34.8 Å². The van der Waals surface area contributed by atoms with Crippen LogP contribution in [-0.4, -0.2) is 10.7 Å². The molecular weight excluding hydrogens is 345 g/mol. The molecule has 0 saturated carbocycles. The summed E-state index contributed by atoms with van der Waals surface area (Å²) in [6, 6.07) is 11.2. The van der Waals surface area contributed by atoms with Gasteiger partial charge < -0.3 is 4.42 Å². The fraction of sp³-hybridized carbons (Fsp3) is 0.0667. The smallest absolute Gasteiger partial charge is 0.166 e. The Morgan fingerprint density at radius 1 is 1.14 bits per heavy atom.